The lowest BCUT2D eigenvalue weighted by atomic mass is 10.2. The summed E-state index contributed by atoms with van der Waals surface area (Å²) in [5.41, 5.74) is 0.487. The van der Waals surface area contributed by atoms with Crippen molar-refractivity contribution in [3.05, 3.63) is 24.0 Å². The van der Waals surface area contributed by atoms with Crippen LogP contribution in [0.1, 0.15) is 33.6 Å². The molecule has 1 fully saturated rings. The van der Waals surface area contributed by atoms with Gasteiger partial charge in [0.2, 0.25) is 0 Å². The Balaban J connectivity index is 2.07. The number of ether oxygens (including phenoxy) is 3. The van der Waals surface area contributed by atoms with E-state index in [1.54, 1.807) is 17.9 Å². The molecular weight excluding hydrogens is 313 g/mol. The fourth-order valence-corrected chi connectivity index (χ4v) is 2.78. The summed E-state index contributed by atoms with van der Waals surface area (Å²) >= 11 is 0. The molecule has 6 heteroatoms. The van der Waals surface area contributed by atoms with Crippen LogP contribution in [0.5, 0.6) is 5.75 Å². The maximum atomic E-state index is 14.0. The molecule has 134 valence electrons. The molecule has 0 unspecified atom stereocenters. The maximum absolute atomic E-state index is 14.0. The van der Waals surface area contributed by atoms with Crippen molar-refractivity contribution < 1.29 is 23.4 Å². The number of carbonyl (C=O) groups excluding carboxylic acids is 1. The van der Waals surface area contributed by atoms with Gasteiger partial charge >= 0.3 is 0 Å². The predicted molar refractivity (Wildman–Crippen MR) is 90.0 cm³/mol. The molecule has 0 N–H and O–H groups in total. The summed E-state index contributed by atoms with van der Waals surface area (Å²) in [5.74, 6) is -0.550. The lowest BCUT2D eigenvalue weighted by Gasteiger charge is -2.30. The number of amides is 1. The van der Waals surface area contributed by atoms with E-state index in [9.17, 15) is 9.18 Å². The molecule has 24 heavy (non-hydrogen) atoms. The van der Waals surface area contributed by atoms with E-state index in [0.29, 0.717) is 12.3 Å². The van der Waals surface area contributed by atoms with Crippen LogP contribution in [0.4, 0.5) is 10.1 Å². The van der Waals surface area contributed by atoms with Crippen LogP contribution in [0.2, 0.25) is 0 Å². The molecule has 1 heterocycles. The monoisotopic (exact) mass is 339 g/mol. The highest BCUT2D eigenvalue weighted by atomic mass is 19.1. The number of methoxy groups -OCH3 is 1. The van der Waals surface area contributed by atoms with Crippen molar-refractivity contribution in [2.45, 2.75) is 51.9 Å². The minimum Gasteiger partial charge on any atom is -0.494 e. The van der Waals surface area contributed by atoms with Gasteiger partial charge in [0.25, 0.3) is 5.91 Å². The number of hydrogen-bond donors (Lipinski definition) is 0. The molecule has 0 aromatic heterocycles. The van der Waals surface area contributed by atoms with Crippen molar-refractivity contribution in [1.82, 2.24) is 0 Å². The van der Waals surface area contributed by atoms with Crippen LogP contribution in [-0.2, 0) is 14.3 Å². The van der Waals surface area contributed by atoms with Gasteiger partial charge in [-0.3, -0.25) is 4.79 Å². The van der Waals surface area contributed by atoms with E-state index in [1.165, 1.54) is 19.2 Å². The number of nitrogens with zero attached hydrogens (tertiary/aromatic N) is 1. The fraction of sp³-hybridized carbons (Fsp3) is 0.611. The van der Waals surface area contributed by atoms with Gasteiger partial charge in [-0.2, -0.15) is 0 Å². The Bertz CT molecular complexity index is 558. The maximum Gasteiger partial charge on any atom is 0.256 e. The first-order valence-electron chi connectivity index (χ1n) is 8.33. The van der Waals surface area contributed by atoms with E-state index in [0.717, 1.165) is 19.4 Å². The highest BCUT2D eigenvalue weighted by Gasteiger charge is 2.27. The summed E-state index contributed by atoms with van der Waals surface area (Å²) in [6.07, 6.45) is 1.42. The van der Waals surface area contributed by atoms with Gasteiger partial charge in [-0.05, 0) is 45.7 Å². The van der Waals surface area contributed by atoms with E-state index in [4.69, 9.17) is 14.2 Å². The second kappa shape index (κ2) is 8.44. The summed E-state index contributed by atoms with van der Waals surface area (Å²) < 4.78 is 30.1. The third-order valence-corrected chi connectivity index (χ3v) is 4.07. The molecule has 1 aliphatic rings. The average molecular weight is 339 g/mol. The summed E-state index contributed by atoms with van der Waals surface area (Å²) in [4.78, 5) is 14.3. The largest absolute Gasteiger partial charge is 0.494 e. The van der Waals surface area contributed by atoms with E-state index in [2.05, 4.69) is 0 Å². The first-order chi connectivity index (χ1) is 11.4. The molecule has 0 bridgehead atoms. The molecule has 0 spiro atoms. The SMILES string of the molecule is COc1ccc(N(C(=O)[C@@H](C)OC[C@H]2CCCO2)C(C)C)cc1F. The van der Waals surface area contributed by atoms with E-state index >= 15 is 0 Å². The molecule has 1 aromatic carbocycles. The minimum atomic E-state index is -0.623. The standard InChI is InChI=1S/C18H26FNO4/c1-12(2)20(14-7-8-17(22-4)16(19)10-14)18(21)13(3)24-11-15-6-5-9-23-15/h7-8,10,12-13,15H,5-6,9,11H2,1-4H3/t13-,15-/m1/s1. The zero-order chi connectivity index (χ0) is 17.7. The van der Waals surface area contributed by atoms with Gasteiger partial charge in [0.1, 0.15) is 6.10 Å². The van der Waals surface area contributed by atoms with Crippen molar-refractivity contribution in [3.63, 3.8) is 0 Å². The molecule has 1 aliphatic heterocycles. The van der Waals surface area contributed by atoms with Crippen molar-refractivity contribution >= 4 is 11.6 Å². The fourth-order valence-electron chi connectivity index (χ4n) is 2.78. The highest BCUT2D eigenvalue weighted by Crippen LogP contribution is 2.26. The molecular formula is C18H26FNO4. The number of anilines is 1. The second-order valence-corrected chi connectivity index (χ2v) is 6.23. The quantitative estimate of drug-likeness (QED) is 0.766. The molecule has 0 aliphatic carbocycles. The number of carbonyl (C=O) groups is 1. The van der Waals surface area contributed by atoms with Gasteiger partial charge in [-0.25, -0.2) is 4.39 Å². The molecule has 0 radical (unpaired) electrons. The number of benzene rings is 1. The Morgan fingerprint density at radius 1 is 1.42 bits per heavy atom. The van der Waals surface area contributed by atoms with E-state index in [1.807, 2.05) is 13.8 Å². The number of rotatable bonds is 7. The zero-order valence-electron chi connectivity index (χ0n) is 14.8. The molecule has 5 nitrogen and oxygen atoms in total. The summed E-state index contributed by atoms with van der Waals surface area (Å²) in [6.45, 7) is 6.63. The van der Waals surface area contributed by atoms with Crippen LogP contribution >= 0.6 is 0 Å². The molecule has 2 rings (SSSR count). The van der Waals surface area contributed by atoms with Gasteiger partial charge < -0.3 is 19.1 Å². The van der Waals surface area contributed by atoms with Gasteiger partial charge in [0.15, 0.2) is 11.6 Å². The third kappa shape index (κ3) is 4.45. The molecule has 1 aromatic rings. The van der Waals surface area contributed by atoms with Crippen LogP contribution in [0, 0.1) is 5.82 Å². The average Bonchev–Trinajstić information content (AvgIpc) is 3.06. The van der Waals surface area contributed by atoms with Crippen LogP contribution in [0.15, 0.2) is 18.2 Å². The van der Waals surface area contributed by atoms with Crippen molar-refractivity contribution in [1.29, 1.82) is 0 Å². The molecule has 1 amide bonds. The zero-order valence-corrected chi connectivity index (χ0v) is 14.8. The van der Waals surface area contributed by atoms with E-state index < -0.39 is 11.9 Å². The van der Waals surface area contributed by atoms with Crippen LogP contribution in [0.3, 0.4) is 0 Å². The van der Waals surface area contributed by atoms with Crippen molar-refractivity contribution in [2.24, 2.45) is 0 Å². The molecule has 2 atom stereocenters. The van der Waals surface area contributed by atoms with Gasteiger partial charge in [-0.15, -0.1) is 0 Å². The Hall–Kier alpha value is -1.66. The predicted octanol–water partition coefficient (Wildman–Crippen LogP) is 3.16. The highest BCUT2D eigenvalue weighted by molar-refractivity contribution is 5.96. The Morgan fingerprint density at radius 3 is 2.71 bits per heavy atom. The Labute approximate surface area is 142 Å². The smallest absolute Gasteiger partial charge is 0.256 e. The summed E-state index contributed by atoms with van der Waals surface area (Å²) in [5, 5.41) is 0. The van der Waals surface area contributed by atoms with Gasteiger partial charge in [0.05, 0.1) is 19.8 Å². The van der Waals surface area contributed by atoms with Crippen molar-refractivity contribution in [2.75, 3.05) is 25.2 Å². The Morgan fingerprint density at radius 2 is 2.17 bits per heavy atom. The van der Waals surface area contributed by atoms with Gasteiger partial charge in [0, 0.05) is 24.4 Å². The van der Waals surface area contributed by atoms with Crippen LogP contribution in [0.25, 0.3) is 0 Å². The lowest BCUT2D eigenvalue weighted by molar-refractivity contribution is -0.131. The second-order valence-electron chi connectivity index (χ2n) is 6.23. The van der Waals surface area contributed by atoms with Crippen LogP contribution in [-0.4, -0.2) is 44.5 Å². The summed E-state index contributed by atoms with van der Waals surface area (Å²) in [6, 6.07) is 4.38. The number of halogens is 1. The summed E-state index contributed by atoms with van der Waals surface area (Å²) in [7, 11) is 1.41. The first-order valence-corrected chi connectivity index (χ1v) is 8.33. The first kappa shape index (κ1) is 18.7. The lowest BCUT2D eigenvalue weighted by Crippen LogP contribution is -2.44. The minimum absolute atomic E-state index is 0.0613. The van der Waals surface area contributed by atoms with E-state index in [-0.39, 0.29) is 23.8 Å². The Kier molecular flexibility index (Phi) is 6.57. The topological polar surface area (TPSA) is 48.0 Å². The molecule has 1 saturated heterocycles. The van der Waals surface area contributed by atoms with Crippen molar-refractivity contribution in [3.8, 4) is 5.75 Å². The molecule has 0 saturated carbocycles. The van der Waals surface area contributed by atoms with Crippen LogP contribution < -0.4 is 9.64 Å². The third-order valence-electron chi connectivity index (χ3n) is 4.07. The van der Waals surface area contributed by atoms with Gasteiger partial charge in [-0.1, -0.05) is 0 Å². The normalized spacial score (nSPS) is 18.7. The number of hydrogen-bond acceptors (Lipinski definition) is 4.